The molecule has 116 valence electrons. The van der Waals surface area contributed by atoms with Gasteiger partial charge in [0.2, 0.25) is 5.91 Å². The van der Waals surface area contributed by atoms with Crippen molar-refractivity contribution in [3.63, 3.8) is 0 Å². The summed E-state index contributed by atoms with van der Waals surface area (Å²) in [6.45, 7) is 0.847. The summed E-state index contributed by atoms with van der Waals surface area (Å²) in [7, 11) is 0. The van der Waals surface area contributed by atoms with E-state index in [0.29, 0.717) is 18.4 Å². The molecule has 5 heteroatoms. The fraction of sp³-hybridized carbons (Fsp3) is 0.562. The smallest absolute Gasteiger partial charge is 0.224 e. The van der Waals surface area contributed by atoms with E-state index in [-0.39, 0.29) is 24.4 Å². The van der Waals surface area contributed by atoms with E-state index < -0.39 is 0 Å². The van der Waals surface area contributed by atoms with Crippen molar-refractivity contribution in [2.24, 2.45) is 5.92 Å². The number of ether oxygens (including phenoxy) is 1. The van der Waals surface area contributed by atoms with Gasteiger partial charge in [0.05, 0.1) is 12.5 Å². The summed E-state index contributed by atoms with van der Waals surface area (Å²) in [5.74, 6) is 0.617. The van der Waals surface area contributed by atoms with Gasteiger partial charge in [-0.2, -0.15) is 0 Å². The number of hydrogen-bond acceptors (Lipinski definition) is 3. The van der Waals surface area contributed by atoms with Crippen LogP contribution in [0.1, 0.15) is 31.2 Å². The van der Waals surface area contributed by atoms with E-state index in [4.69, 9.17) is 10.5 Å². The van der Waals surface area contributed by atoms with Crippen molar-refractivity contribution in [3.8, 4) is 0 Å². The van der Waals surface area contributed by atoms with Crippen LogP contribution in [0.4, 0.5) is 5.69 Å². The highest BCUT2D eigenvalue weighted by Gasteiger charge is 2.38. The largest absolute Gasteiger partial charge is 0.399 e. The molecule has 3 N–H and O–H groups in total. The molecule has 2 aliphatic rings. The zero-order chi connectivity index (χ0) is 13.9. The Bertz CT molecular complexity index is 478. The van der Waals surface area contributed by atoms with Gasteiger partial charge in [-0.3, -0.25) is 4.79 Å². The van der Waals surface area contributed by atoms with Crippen molar-refractivity contribution >= 4 is 24.0 Å². The molecule has 1 saturated heterocycles. The highest BCUT2D eigenvalue weighted by molar-refractivity contribution is 5.85. The third-order valence-electron chi connectivity index (χ3n) is 4.47. The van der Waals surface area contributed by atoms with Crippen molar-refractivity contribution in [2.75, 3.05) is 12.3 Å². The van der Waals surface area contributed by atoms with Gasteiger partial charge in [0, 0.05) is 24.3 Å². The second-order valence-electron chi connectivity index (χ2n) is 5.89. The first-order valence-corrected chi connectivity index (χ1v) is 7.48. The molecule has 1 aliphatic carbocycles. The Hall–Kier alpha value is -1.26. The molecule has 0 radical (unpaired) electrons. The van der Waals surface area contributed by atoms with Crippen LogP contribution in [0.15, 0.2) is 24.3 Å². The zero-order valence-electron chi connectivity index (χ0n) is 12.1. The third kappa shape index (κ3) is 3.89. The van der Waals surface area contributed by atoms with E-state index >= 15 is 0 Å². The SMILES string of the molecule is Cl.Nc1ccc(CC(=O)NC2CCCC3OCCC23)cc1. The van der Waals surface area contributed by atoms with Gasteiger partial charge in [-0.1, -0.05) is 12.1 Å². The summed E-state index contributed by atoms with van der Waals surface area (Å²) in [6, 6.07) is 7.79. The minimum atomic E-state index is 0. The first-order chi connectivity index (χ1) is 9.72. The Kier molecular flexibility index (Phi) is 5.48. The molecule has 1 amide bonds. The molecule has 1 aliphatic heterocycles. The maximum atomic E-state index is 12.2. The third-order valence-corrected chi connectivity index (χ3v) is 4.47. The number of halogens is 1. The van der Waals surface area contributed by atoms with Crippen LogP contribution < -0.4 is 11.1 Å². The van der Waals surface area contributed by atoms with Gasteiger partial charge in [0.1, 0.15) is 0 Å². The highest BCUT2D eigenvalue weighted by Crippen LogP contribution is 2.34. The van der Waals surface area contributed by atoms with Crippen LogP contribution in [0.5, 0.6) is 0 Å². The van der Waals surface area contributed by atoms with Crippen molar-refractivity contribution in [1.29, 1.82) is 0 Å². The Morgan fingerprint density at radius 1 is 1.24 bits per heavy atom. The topological polar surface area (TPSA) is 64.4 Å². The molecule has 1 saturated carbocycles. The summed E-state index contributed by atoms with van der Waals surface area (Å²) in [4.78, 5) is 12.2. The number of hydrogen-bond donors (Lipinski definition) is 2. The maximum Gasteiger partial charge on any atom is 0.224 e. The lowest BCUT2D eigenvalue weighted by Crippen LogP contribution is -2.46. The Morgan fingerprint density at radius 2 is 2.00 bits per heavy atom. The number of fused-ring (bicyclic) bond motifs is 1. The molecule has 0 spiro atoms. The number of nitrogen functional groups attached to an aromatic ring is 1. The molecule has 2 fully saturated rings. The van der Waals surface area contributed by atoms with Crippen molar-refractivity contribution < 1.29 is 9.53 Å². The minimum absolute atomic E-state index is 0. The number of rotatable bonds is 3. The van der Waals surface area contributed by atoms with Crippen LogP contribution in [-0.2, 0) is 16.0 Å². The number of nitrogens with two attached hydrogens (primary N) is 1. The van der Waals surface area contributed by atoms with Crippen LogP contribution in [-0.4, -0.2) is 24.7 Å². The highest BCUT2D eigenvalue weighted by atomic mass is 35.5. The Balaban J connectivity index is 0.00000161. The van der Waals surface area contributed by atoms with E-state index in [1.807, 2.05) is 24.3 Å². The molecule has 1 heterocycles. The normalized spacial score (nSPS) is 27.5. The van der Waals surface area contributed by atoms with Crippen molar-refractivity contribution in [2.45, 2.75) is 44.2 Å². The predicted octanol–water partition coefficient (Wildman–Crippen LogP) is 2.31. The number of carbonyl (C=O) groups excluding carboxylic acids is 1. The van der Waals surface area contributed by atoms with E-state index in [9.17, 15) is 4.79 Å². The lowest BCUT2D eigenvalue weighted by molar-refractivity contribution is -0.122. The average Bonchev–Trinajstić information content (AvgIpc) is 2.91. The summed E-state index contributed by atoms with van der Waals surface area (Å²) in [5.41, 5.74) is 7.39. The van der Waals surface area contributed by atoms with Gasteiger partial charge in [-0.05, 0) is 43.4 Å². The number of nitrogens with one attached hydrogen (secondary N) is 1. The molecular formula is C16H23ClN2O2. The van der Waals surface area contributed by atoms with E-state index in [2.05, 4.69) is 5.32 Å². The Morgan fingerprint density at radius 3 is 2.76 bits per heavy atom. The lowest BCUT2D eigenvalue weighted by Gasteiger charge is -2.33. The monoisotopic (exact) mass is 310 g/mol. The number of anilines is 1. The fourth-order valence-electron chi connectivity index (χ4n) is 3.43. The zero-order valence-corrected chi connectivity index (χ0v) is 12.9. The molecule has 3 rings (SSSR count). The van der Waals surface area contributed by atoms with Crippen LogP contribution >= 0.6 is 12.4 Å². The molecule has 1 aromatic rings. The van der Waals surface area contributed by atoms with Crippen LogP contribution in [0.3, 0.4) is 0 Å². The quantitative estimate of drug-likeness (QED) is 0.842. The van der Waals surface area contributed by atoms with Crippen molar-refractivity contribution in [1.82, 2.24) is 5.32 Å². The molecule has 0 bridgehead atoms. The van der Waals surface area contributed by atoms with Gasteiger partial charge in [-0.15, -0.1) is 12.4 Å². The minimum Gasteiger partial charge on any atom is -0.399 e. The van der Waals surface area contributed by atoms with E-state index in [0.717, 1.165) is 43.5 Å². The van der Waals surface area contributed by atoms with E-state index in [1.54, 1.807) is 0 Å². The fourth-order valence-corrected chi connectivity index (χ4v) is 3.43. The lowest BCUT2D eigenvalue weighted by atomic mass is 9.81. The van der Waals surface area contributed by atoms with Gasteiger partial charge in [-0.25, -0.2) is 0 Å². The maximum absolute atomic E-state index is 12.2. The van der Waals surface area contributed by atoms with Crippen LogP contribution in [0.25, 0.3) is 0 Å². The number of carbonyl (C=O) groups is 1. The first kappa shape index (κ1) is 16.1. The molecule has 3 unspecified atom stereocenters. The second kappa shape index (κ2) is 7.14. The van der Waals surface area contributed by atoms with Gasteiger partial charge < -0.3 is 15.8 Å². The van der Waals surface area contributed by atoms with Crippen molar-refractivity contribution in [3.05, 3.63) is 29.8 Å². The molecule has 4 nitrogen and oxygen atoms in total. The molecular weight excluding hydrogens is 288 g/mol. The summed E-state index contributed by atoms with van der Waals surface area (Å²) in [6.07, 6.45) is 5.25. The average molecular weight is 311 g/mol. The predicted molar refractivity (Wildman–Crippen MR) is 85.4 cm³/mol. The van der Waals surface area contributed by atoms with E-state index in [1.165, 1.54) is 0 Å². The molecule has 1 aromatic carbocycles. The summed E-state index contributed by atoms with van der Waals surface area (Å²) in [5, 5.41) is 3.20. The second-order valence-corrected chi connectivity index (χ2v) is 5.89. The molecule has 0 aromatic heterocycles. The summed E-state index contributed by atoms with van der Waals surface area (Å²) >= 11 is 0. The van der Waals surface area contributed by atoms with Gasteiger partial charge in [0.25, 0.3) is 0 Å². The molecule has 21 heavy (non-hydrogen) atoms. The standard InChI is InChI=1S/C16H22N2O2.ClH/c17-12-6-4-11(5-7-12)10-16(19)18-14-2-1-3-15-13(14)8-9-20-15;/h4-7,13-15H,1-3,8-10,17H2,(H,18,19);1H. The Labute approximate surface area is 131 Å². The van der Waals surface area contributed by atoms with Crippen LogP contribution in [0.2, 0.25) is 0 Å². The van der Waals surface area contributed by atoms with Gasteiger partial charge in [0.15, 0.2) is 0 Å². The summed E-state index contributed by atoms with van der Waals surface area (Å²) < 4.78 is 5.73. The number of amides is 1. The number of benzene rings is 1. The van der Waals surface area contributed by atoms with Crippen LogP contribution in [0, 0.1) is 5.92 Å². The first-order valence-electron chi connectivity index (χ1n) is 7.48. The molecule has 3 atom stereocenters. The van der Waals surface area contributed by atoms with Gasteiger partial charge >= 0.3 is 0 Å².